The molecule has 8 heteroatoms. The van der Waals surface area contributed by atoms with E-state index >= 15 is 0 Å². The molecule has 0 heterocycles. The van der Waals surface area contributed by atoms with Crippen molar-refractivity contribution < 1.29 is 16.8 Å². The Morgan fingerprint density at radius 1 is 0.788 bits per heavy atom. The number of sulfone groups is 1. The van der Waals surface area contributed by atoms with Gasteiger partial charge in [-0.2, -0.15) is 5.26 Å². The van der Waals surface area contributed by atoms with E-state index in [4.69, 9.17) is 5.26 Å². The molecule has 0 fully saturated rings. The normalized spacial score (nSPS) is 12.1. The third kappa shape index (κ3) is 13.4. The zero-order valence-electron chi connectivity index (χ0n) is 20.0. The second kappa shape index (κ2) is 16.7. The van der Waals surface area contributed by atoms with E-state index in [0.29, 0.717) is 6.42 Å². The standard InChI is InChI=1S/C25H40N2O4S2/c1-2-3-4-5-6-7-8-9-10-11-12-13-14-17-23-33(30,31)27-24-19-15-16-20-25(24)32(28,29)22-18-21-26/h15-16,18-20,22,27H,2-14,17,23H2,1H3/b22-18+. The lowest BCUT2D eigenvalue weighted by atomic mass is 10.0. The van der Waals surface area contributed by atoms with Gasteiger partial charge in [0, 0.05) is 11.5 Å². The van der Waals surface area contributed by atoms with Crippen LogP contribution in [-0.4, -0.2) is 22.6 Å². The second-order valence-corrected chi connectivity index (χ2v) is 12.1. The third-order valence-corrected chi connectivity index (χ3v) is 8.37. The molecule has 0 atom stereocenters. The number of anilines is 1. The fraction of sp³-hybridized carbons (Fsp3) is 0.640. The first-order chi connectivity index (χ1) is 15.8. The van der Waals surface area contributed by atoms with E-state index in [0.717, 1.165) is 30.7 Å². The van der Waals surface area contributed by atoms with E-state index in [1.807, 2.05) is 0 Å². The van der Waals surface area contributed by atoms with Gasteiger partial charge in [0.1, 0.15) is 0 Å². The number of hydrogen-bond acceptors (Lipinski definition) is 5. The summed E-state index contributed by atoms with van der Waals surface area (Å²) in [6.45, 7) is 2.24. The minimum atomic E-state index is -3.91. The van der Waals surface area contributed by atoms with Crippen molar-refractivity contribution in [3.05, 3.63) is 35.7 Å². The van der Waals surface area contributed by atoms with Crippen molar-refractivity contribution in [3.63, 3.8) is 0 Å². The molecule has 0 saturated carbocycles. The summed E-state index contributed by atoms with van der Waals surface area (Å²) in [5.74, 6) is -0.0482. The van der Waals surface area contributed by atoms with Crippen LogP contribution in [0.2, 0.25) is 0 Å². The molecule has 1 aromatic carbocycles. The van der Waals surface area contributed by atoms with Gasteiger partial charge in [-0.15, -0.1) is 0 Å². The number of unbranched alkanes of at least 4 members (excludes halogenated alkanes) is 13. The van der Waals surface area contributed by atoms with Crippen LogP contribution in [0.1, 0.15) is 96.8 Å². The number of nitriles is 1. The molecule has 0 radical (unpaired) electrons. The van der Waals surface area contributed by atoms with Gasteiger partial charge >= 0.3 is 0 Å². The highest BCUT2D eigenvalue weighted by Crippen LogP contribution is 2.24. The fourth-order valence-corrected chi connectivity index (χ4v) is 6.04. The Morgan fingerprint density at radius 3 is 1.79 bits per heavy atom. The van der Waals surface area contributed by atoms with Crippen molar-refractivity contribution >= 4 is 25.5 Å². The molecule has 0 saturated heterocycles. The van der Waals surface area contributed by atoms with E-state index < -0.39 is 19.9 Å². The Morgan fingerprint density at radius 2 is 1.27 bits per heavy atom. The Labute approximate surface area is 201 Å². The van der Waals surface area contributed by atoms with Crippen LogP contribution in [0.4, 0.5) is 5.69 Å². The van der Waals surface area contributed by atoms with Gasteiger partial charge in [-0.05, 0) is 18.6 Å². The number of benzene rings is 1. The molecule has 186 valence electrons. The van der Waals surface area contributed by atoms with Gasteiger partial charge in [0.15, 0.2) is 0 Å². The van der Waals surface area contributed by atoms with E-state index in [9.17, 15) is 16.8 Å². The van der Waals surface area contributed by atoms with E-state index in [1.54, 1.807) is 12.1 Å². The minimum absolute atomic E-state index is 0.00505. The summed E-state index contributed by atoms with van der Waals surface area (Å²) in [5.41, 5.74) is 0.00505. The largest absolute Gasteiger partial charge is 0.282 e. The molecule has 6 nitrogen and oxygen atoms in total. The van der Waals surface area contributed by atoms with E-state index in [2.05, 4.69) is 11.6 Å². The van der Waals surface area contributed by atoms with Gasteiger partial charge in [0.25, 0.3) is 0 Å². The molecule has 0 spiro atoms. The first-order valence-corrected chi connectivity index (χ1v) is 15.4. The molecule has 0 amide bonds. The van der Waals surface area contributed by atoms with Crippen LogP contribution in [0.3, 0.4) is 0 Å². The average Bonchev–Trinajstić information content (AvgIpc) is 2.78. The molecule has 0 aliphatic carbocycles. The summed E-state index contributed by atoms with van der Waals surface area (Å²) in [7, 11) is -7.56. The van der Waals surface area contributed by atoms with E-state index in [-0.39, 0.29) is 16.3 Å². The second-order valence-electron chi connectivity index (χ2n) is 8.49. The first kappa shape index (κ1) is 29.2. The number of nitrogens with zero attached hydrogens (tertiary/aromatic N) is 1. The molecule has 1 rings (SSSR count). The number of allylic oxidation sites excluding steroid dienone is 1. The Bertz CT molecular complexity index is 949. The molecule has 1 aromatic rings. The third-order valence-electron chi connectivity index (χ3n) is 5.55. The van der Waals surface area contributed by atoms with Crippen molar-refractivity contribution in [1.82, 2.24) is 0 Å². The SMILES string of the molecule is CCCCCCCCCCCCCCCCS(=O)(=O)Nc1ccccc1S(=O)(=O)/C=C/C#N. The lowest BCUT2D eigenvalue weighted by Gasteiger charge is -2.11. The zero-order valence-corrected chi connectivity index (χ0v) is 21.6. The number of para-hydroxylation sites is 1. The first-order valence-electron chi connectivity index (χ1n) is 12.2. The molecule has 0 aliphatic rings. The van der Waals surface area contributed by atoms with Crippen LogP contribution in [0, 0.1) is 11.3 Å². The highest BCUT2D eigenvalue weighted by atomic mass is 32.2. The smallest absolute Gasteiger partial charge is 0.232 e. The summed E-state index contributed by atoms with van der Waals surface area (Å²) in [6.07, 6.45) is 17.5. The highest BCUT2D eigenvalue weighted by molar-refractivity contribution is 7.95. The van der Waals surface area contributed by atoms with Crippen molar-refractivity contribution in [3.8, 4) is 6.07 Å². The maximum absolute atomic E-state index is 12.4. The summed E-state index contributed by atoms with van der Waals surface area (Å²) >= 11 is 0. The Hall–Kier alpha value is -1.85. The monoisotopic (exact) mass is 496 g/mol. The maximum atomic E-state index is 12.4. The van der Waals surface area contributed by atoms with Crippen LogP contribution in [0.15, 0.2) is 40.6 Å². The molecule has 0 aliphatic heterocycles. The lowest BCUT2D eigenvalue weighted by molar-refractivity contribution is 0.537. The topological polar surface area (TPSA) is 104 Å². The summed E-state index contributed by atoms with van der Waals surface area (Å²) in [6, 6.07) is 7.45. The fourth-order valence-electron chi connectivity index (χ4n) is 3.70. The average molecular weight is 497 g/mol. The van der Waals surface area contributed by atoms with Crippen molar-refractivity contribution in [2.75, 3.05) is 10.5 Å². The summed E-state index contributed by atoms with van der Waals surface area (Å²) in [5, 5.41) is 9.35. The molecule has 0 aromatic heterocycles. The predicted octanol–water partition coefficient (Wildman–Crippen LogP) is 6.72. The Balaban J connectivity index is 2.26. The van der Waals surface area contributed by atoms with Gasteiger partial charge in [0.05, 0.1) is 22.4 Å². The van der Waals surface area contributed by atoms with Crippen molar-refractivity contribution in [2.45, 2.75) is 102 Å². The van der Waals surface area contributed by atoms with Crippen LogP contribution >= 0.6 is 0 Å². The van der Waals surface area contributed by atoms with Crippen molar-refractivity contribution in [1.29, 1.82) is 5.26 Å². The summed E-state index contributed by atoms with van der Waals surface area (Å²) in [4.78, 5) is -0.166. The van der Waals surface area contributed by atoms with Gasteiger partial charge in [-0.25, -0.2) is 16.8 Å². The van der Waals surface area contributed by atoms with Crippen LogP contribution in [0.25, 0.3) is 0 Å². The molecule has 33 heavy (non-hydrogen) atoms. The van der Waals surface area contributed by atoms with Gasteiger partial charge in [-0.1, -0.05) is 103 Å². The molecule has 0 bridgehead atoms. The molecule has 0 unspecified atom stereocenters. The molecular formula is C25H40N2O4S2. The van der Waals surface area contributed by atoms with Gasteiger partial charge in [0.2, 0.25) is 19.9 Å². The number of sulfonamides is 1. The minimum Gasteiger partial charge on any atom is -0.282 e. The quantitative estimate of drug-likeness (QED) is 0.169. The lowest BCUT2D eigenvalue weighted by Crippen LogP contribution is -2.18. The molecule has 1 N–H and O–H groups in total. The summed E-state index contributed by atoms with van der Waals surface area (Å²) < 4.78 is 51.9. The zero-order chi connectivity index (χ0) is 24.4. The van der Waals surface area contributed by atoms with Crippen LogP contribution in [-0.2, 0) is 19.9 Å². The van der Waals surface area contributed by atoms with Crippen LogP contribution in [0.5, 0.6) is 0 Å². The van der Waals surface area contributed by atoms with Crippen LogP contribution < -0.4 is 4.72 Å². The maximum Gasteiger partial charge on any atom is 0.232 e. The number of hydrogen-bond donors (Lipinski definition) is 1. The van der Waals surface area contributed by atoms with Gasteiger partial charge in [-0.3, -0.25) is 4.72 Å². The highest BCUT2D eigenvalue weighted by Gasteiger charge is 2.19. The number of rotatable bonds is 19. The molecular weight excluding hydrogens is 456 g/mol. The number of nitrogens with one attached hydrogen (secondary N) is 1. The van der Waals surface area contributed by atoms with Crippen molar-refractivity contribution in [2.24, 2.45) is 0 Å². The van der Waals surface area contributed by atoms with Gasteiger partial charge < -0.3 is 0 Å². The van der Waals surface area contributed by atoms with E-state index in [1.165, 1.54) is 82.4 Å². The predicted molar refractivity (Wildman–Crippen MR) is 136 cm³/mol. The Kier molecular flexibility index (Phi) is 14.8.